The van der Waals surface area contributed by atoms with E-state index in [0.717, 1.165) is 0 Å². The summed E-state index contributed by atoms with van der Waals surface area (Å²) in [5, 5.41) is 0.622. The molecule has 69 valence electrons. The Morgan fingerprint density at radius 2 is 2.00 bits per heavy atom. The van der Waals surface area contributed by atoms with Crippen molar-refractivity contribution in [2.45, 2.75) is 0 Å². The molecule has 0 spiro atoms. The Kier molecular flexibility index (Phi) is 3.14. The predicted octanol–water partition coefficient (Wildman–Crippen LogP) is 2.06. The van der Waals surface area contributed by atoms with Crippen LogP contribution in [0.1, 0.15) is 0 Å². The first-order valence-corrected chi connectivity index (χ1v) is 4.14. The molecule has 4 heteroatoms. The fraction of sp³-hybridized carbons (Fsp3) is 0.111. The summed E-state index contributed by atoms with van der Waals surface area (Å²) >= 11 is 5.69. The zero-order valence-electron chi connectivity index (χ0n) is 7.03. The van der Waals surface area contributed by atoms with Crippen LogP contribution in [0.25, 0.3) is 0 Å². The molecule has 0 heterocycles. The van der Waals surface area contributed by atoms with E-state index in [0.29, 0.717) is 17.3 Å². The average molecular weight is 198 g/mol. The molecule has 0 fully saturated rings. The minimum absolute atomic E-state index is 0.303. The Hall–Kier alpha value is -1.22. The number of benzene rings is 1. The number of halogens is 1. The number of carbonyl (C=O) groups excluding carboxylic acids is 1. The van der Waals surface area contributed by atoms with E-state index in [1.165, 1.54) is 4.90 Å². The summed E-state index contributed by atoms with van der Waals surface area (Å²) in [5.74, 6) is 0. The summed E-state index contributed by atoms with van der Waals surface area (Å²) in [6.45, 7) is 3.90. The molecule has 2 N–H and O–H groups in total. The van der Waals surface area contributed by atoms with E-state index in [4.69, 9.17) is 17.3 Å². The van der Waals surface area contributed by atoms with Crippen molar-refractivity contribution in [1.29, 1.82) is 0 Å². The molecule has 13 heavy (non-hydrogen) atoms. The van der Waals surface area contributed by atoms with Crippen molar-refractivity contribution in [3.05, 3.63) is 36.2 Å². The Balaban J connectivity index is 2.92. The zero-order chi connectivity index (χ0) is 9.84. The van der Waals surface area contributed by atoms with Gasteiger partial charge in [-0.05, 0) is 31.2 Å². The molecule has 0 saturated heterocycles. The Morgan fingerprint density at radius 3 is 2.38 bits per heavy atom. The van der Waals surface area contributed by atoms with Gasteiger partial charge in [0.15, 0.2) is 0 Å². The number of amides is 2. The molecule has 0 aromatic heterocycles. The van der Waals surface area contributed by atoms with Crippen molar-refractivity contribution in [3.63, 3.8) is 0 Å². The van der Waals surface area contributed by atoms with Crippen LogP contribution in [0.15, 0.2) is 24.3 Å². The first-order valence-electron chi connectivity index (χ1n) is 3.77. The van der Waals surface area contributed by atoms with Gasteiger partial charge in [0.2, 0.25) is 0 Å². The monoisotopic (exact) mass is 197 g/mol. The van der Waals surface area contributed by atoms with Gasteiger partial charge in [0.25, 0.3) is 0 Å². The summed E-state index contributed by atoms with van der Waals surface area (Å²) in [4.78, 5) is 12.2. The second-order valence-electron chi connectivity index (χ2n) is 2.47. The smallest absolute Gasteiger partial charge is 0.319 e. The van der Waals surface area contributed by atoms with Gasteiger partial charge in [-0.3, -0.25) is 4.90 Å². The molecular weight excluding hydrogens is 188 g/mol. The van der Waals surface area contributed by atoms with Crippen LogP contribution in [0.3, 0.4) is 0 Å². The lowest BCUT2D eigenvalue weighted by molar-refractivity contribution is 0.254. The number of carbonyl (C=O) groups is 1. The van der Waals surface area contributed by atoms with Crippen LogP contribution in [0.5, 0.6) is 0 Å². The molecule has 0 aliphatic heterocycles. The van der Waals surface area contributed by atoms with Crippen LogP contribution in [0.2, 0.25) is 5.02 Å². The van der Waals surface area contributed by atoms with Crippen LogP contribution in [-0.4, -0.2) is 12.6 Å². The lowest BCUT2D eigenvalue weighted by Gasteiger charge is -2.17. The van der Waals surface area contributed by atoms with Crippen LogP contribution in [-0.2, 0) is 0 Å². The minimum atomic E-state index is -0.516. The highest BCUT2D eigenvalue weighted by Crippen LogP contribution is 2.17. The molecule has 0 aliphatic rings. The van der Waals surface area contributed by atoms with E-state index in [-0.39, 0.29) is 0 Å². The molecule has 0 aliphatic carbocycles. The Labute approximate surface area is 82.1 Å². The van der Waals surface area contributed by atoms with Crippen LogP contribution in [0.4, 0.5) is 10.5 Å². The molecule has 3 nitrogen and oxygen atoms in total. The minimum Gasteiger partial charge on any atom is -0.351 e. The Bertz CT molecular complexity index is 297. The molecule has 0 unspecified atom stereocenters. The van der Waals surface area contributed by atoms with Gasteiger partial charge in [-0.2, -0.15) is 0 Å². The van der Waals surface area contributed by atoms with Gasteiger partial charge in [-0.1, -0.05) is 11.6 Å². The van der Waals surface area contributed by atoms with Crippen molar-refractivity contribution in [2.24, 2.45) is 5.73 Å². The highest BCUT2D eigenvalue weighted by molar-refractivity contribution is 6.30. The lowest BCUT2D eigenvalue weighted by atomic mass is 10.3. The molecule has 0 atom stereocenters. The van der Waals surface area contributed by atoms with Gasteiger partial charge in [-0.25, -0.2) is 4.79 Å². The molecule has 0 saturated carbocycles. The van der Waals surface area contributed by atoms with E-state index in [1.807, 2.05) is 0 Å². The standard InChI is InChI=1S/C9H10ClN2O/c1-2-12(9(11)13)8-5-3-7(10)4-6-8/h3-6H,1-2H2,(H2,11,13). The fourth-order valence-corrected chi connectivity index (χ4v) is 1.11. The van der Waals surface area contributed by atoms with Crippen molar-refractivity contribution in [3.8, 4) is 0 Å². The highest BCUT2D eigenvalue weighted by atomic mass is 35.5. The topological polar surface area (TPSA) is 46.3 Å². The number of hydrogen-bond acceptors (Lipinski definition) is 1. The summed E-state index contributed by atoms with van der Waals surface area (Å²) in [6, 6.07) is 6.32. The van der Waals surface area contributed by atoms with E-state index >= 15 is 0 Å². The normalized spacial score (nSPS) is 9.69. The molecule has 1 aromatic rings. The van der Waals surface area contributed by atoms with E-state index in [9.17, 15) is 4.79 Å². The van der Waals surface area contributed by atoms with Crippen molar-refractivity contribution in [1.82, 2.24) is 0 Å². The van der Waals surface area contributed by atoms with E-state index < -0.39 is 6.03 Å². The SMILES string of the molecule is [CH2]CN(C(N)=O)c1ccc(Cl)cc1. The van der Waals surface area contributed by atoms with Gasteiger partial charge in [0.1, 0.15) is 0 Å². The van der Waals surface area contributed by atoms with Gasteiger partial charge in [0, 0.05) is 17.3 Å². The Morgan fingerprint density at radius 1 is 1.46 bits per heavy atom. The summed E-state index contributed by atoms with van der Waals surface area (Å²) < 4.78 is 0. The average Bonchev–Trinajstić information content (AvgIpc) is 2.09. The van der Waals surface area contributed by atoms with Crippen LogP contribution in [0, 0.1) is 6.92 Å². The van der Waals surface area contributed by atoms with Gasteiger partial charge >= 0.3 is 6.03 Å². The number of nitrogens with zero attached hydrogens (tertiary/aromatic N) is 1. The van der Waals surface area contributed by atoms with Crippen LogP contribution < -0.4 is 10.6 Å². The summed E-state index contributed by atoms with van der Waals surface area (Å²) in [6.07, 6.45) is 0. The molecule has 2 amide bonds. The van der Waals surface area contributed by atoms with E-state index in [2.05, 4.69) is 6.92 Å². The number of nitrogens with two attached hydrogens (primary N) is 1. The third kappa shape index (κ3) is 2.36. The second kappa shape index (κ2) is 4.14. The number of hydrogen-bond donors (Lipinski definition) is 1. The first-order chi connectivity index (χ1) is 6.15. The highest BCUT2D eigenvalue weighted by Gasteiger charge is 2.08. The number of anilines is 1. The maximum Gasteiger partial charge on any atom is 0.319 e. The third-order valence-corrected chi connectivity index (χ3v) is 1.88. The van der Waals surface area contributed by atoms with Crippen molar-refractivity contribution in [2.75, 3.05) is 11.4 Å². The zero-order valence-corrected chi connectivity index (χ0v) is 7.79. The molecule has 1 aromatic carbocycles. The second-order valence-corrected chi connectivity index (χ2v) is 2.90. The van der Waals surface area contributed by atoms with Crippen LogP contribution >= 0.6 is 11.6 Å². The fourth-order valence-electron chi connectivity index (χ4n) is 0.988. The van der Waals surface area contributed by atoms with Crippen molar-refractivity contribution >= 4 is 23.3 Å². The first kappa shape index (κ1) is 9.86. The quantitative estimate of drug-likeness (QED) is 0.775. The van der Waals surface area contributed by atoms with Crippen molar-refractivity contribution < 1.29 is 4.79 Å². The van der Waals surface area contributed by atoms with Gasteiger partial charge < -0.3 is 5.73 Å². The maximum atomic E-state index is 10.9. The molecule has 0 bridgehead atoms. The van der Waals surface area contributed by atoms with E-state index in [1.54, 1.807) is 24.3 Å². The third-order valence-electron chi connectivity index (χ3n) is 1.63. The lowest BCUT2D eigenvalue weighted by Crippen LogP contribution is -2.35. The number of urea groups is 1. The summed E-state index contributed by atoms with van der Waals surface area (Å²) in [7, 11) is 0. The molecule has 1 rings (SSSR count). The van der Waals surface area contributed by atoms with Gasteiger partial charge in [0.05, 0.1) is 0 Å². The van der Waals surface area contributed by atoms with Gasteiger partial charge in [-0.15, -0.1) is 0 Å². The summed E-state index contributed by atoms with van der Waals surface area (Å²) in [5.41, 5.74) is 5.83. The maximum absolute atomic E-state index is 10.9. The number of rotatable bonds is 2. The predicted molar refractivity (Wildman–Crippen MR) is 53.7 cm³/mol. The molecule has 1 radical (unpaired) electrons. The largest absolute Gasteiger partial charge is 0.351 e. The molecular formula is C9H10ClN2O. The number of primary amides is 1.